The molecule has 1 aliphatic rings. The maximum atomic E-state index is 12.5. The van der Waals surface area contributed by atoms with Crippen molar-refractivity contribution in [2.24, 2.45) is 0 Å². The first-order chi connectivity index (χ1) is 12.9. The van der Waals surface area contributed by atoms with Crippen LogP contribution in [-0.4, -0.2) is 81.1 Å². The number of carbonyl (C=O) groups excluding carboxylic acids is 3. The van der Waals surface area contributed by atoms with Gasteiger partial charge in [0, 0.05) is 24.5 Å². The normalized spacial score (nSPS) is 17.7. The van der Waals surface area contributed by atoms with Crippen molar-refractivity contribution in [3.8, 4) is 5.75 Å². The fourth-order valence-corrected chi connectivity index (χ4v) is 3.86. The SMILES string of the molecule is COC(=O)[C@@H]1CN(C(=O)C[NH+](C)CC(=O)Nc2ccc(OC)cc2)CCS1. The third-order valence-corrected chi connectivity index (χ3v) is 5.33. The lowest BCUT2D eigenvalue weighted by atomic mass is 10.3. The van der Waals surface area contributed by atoms with E-state index < -0.39 is 0 Å². The van der Waals surface area contributed by atoms with Gasteiger partial charge in [0.05, 0.1) is 21.3 Å². The van der Waals surface area contributed by atoms with Crippen molar-refractivity contribution in [2.75, 3.05) is 58.5 Å². The maximum absolute atomic E-state index is 12.5. The Hall–Kier alpha value is -2.26. The Kier molecular flexibility index (Phi) is 7.93. The number of hydrogen-bond acceptors (Lipinski definition) is 6. The van der Waals surface area contributed by atoms with Crippen LogP contribution in [0.3, 0.4) is 0 Å². The molecule has 0 radical (unpaired) electrons. The van der Waals surface area contributed by atoms with Crippen LogP contribution in [-0.2, 0) is 19.1 Å². The lowest BCUT2D eigenvalue weighted by Gasteiger charge is -2.31. The lowest BCUT2D eigenvalue weighted by molar-refractivity contribution is -0.862. The molecule has 1 heterocycles. The molecule has 0 spiro atoms. The minimum absolute atomic E-state index is 0.0704. The Morgan fingerprint density at radius 3 is 2.56 bits per heavy atom. The van der Waals surface area contributed by atoms with Gasteiger partial charge in [0.15, 0.2) is 13.1 Å². The van der Waals surface area contributed by atoms with Crippen LogP contribution in [0.15, 0.2) is 24.3 Å². The molecule has 1 saturated heterocycles. The summed E-state index contributed by atoms with van der Waals surface area (Å²) in [5.41, 5.74) is 0.675. The van der Waals surface area contributed by atoms with E-state index in [-0.39, 0.29) is 36.1 Å². The van der Waals surface area contributed by atoms with Crippen LogP contribution < -0.4 is 15.0 Å². The number of thioether (sulfide) groups is 1. The molecule has 2 rings (SSSR count). The second-order valence-electron chi connectivity index (χ2n) is 6.31. The summed E-state index contributed by atoms with van der Waals surface area (Å²) in [4.78, 5) is 38.8. The average Bonchev–Trinajstić information content (AvgIpc) is 2.67. The molecule has 0 aliphatic carbocycles. The topological polar surface area (TPSA) is 89.4 Å². The van der Waals surface area contributed by atoms with Gasteiger partial charge in [0.25, 0.3) is 11.8 Å². The largest absolute Gasteiger partial charge is 0.497 e. The predicted octanol–water partition coefficient (Wildman–Crippen LogP) is -0.735. The zero-order valence-electron chi connectivity index (χ0n) is 15.8. The summed E-state index contributed by atoms with van der Waals surface area (Å²) >= 11 is 1.50. The minimum atomic E-state index is -0.341. The van der Waals surface area contributed by atoms with Gasteiger partial charge < -0.3 is 24.6 Å². The van der Waals surface area contributed by atoms with Gasteiger partial charge in [0.1, 0.15) is 11.0 Å². The van der Waals surface area contributed by atoms with Gasteiger partial charge in [-0.15, -0.1) is 11.8 Å². The molecule has 2 amide bonds. The van der Waals surface area contributed by atoms with E-state index >= 15 is 0 Å². The van der Waals surface area contributed by atoms with Crippen LogP contribution in [0.4, 0.5) is 5.69 Å². The fraction of sp³-hybridized carbons (Fsp3) is 0.500. The first kappa shape index (κ1) is 21.0. The highest BCUT2D eigenvalue weighted by molar-refractivity contribution is 8.00. The molecule has 9 heteroatoms. The molecule has 0 saturated carbocycles. The van der Waals surface area contributed by atoms with Gasteiger partial charge in [-0.05, 0) is 24.3 Å². The molecule has 1 aromatic carbocycles. The van der Waals surface area contributed by atoms with E-state index in [0.717, 1.165) is 4.90 Å². The zero-order chi connectivity index (χ0) is 19.8. The van der Waals surface area contributed by atoms with Gasteiger partial charge in [0.2, 0.25) is 0 Å². The molecule has 2 atom stereocenters. The minimum Gasteiger partial charge on any atom is -0.497 e. The lowest BCUT2D eigenvalue weighted by Crippen LogP contribution is -3.11. The number of likely N-dealkylation sites (N-methyl/N-ethyl adjacent to an activating group) is 1. The van der Waals surface area contributed by atoms with Crippen LogP contribution in [0.25, 0.3) is 0 Å². The summed E-state index contributed by atoms with van der Waals surface area (Å²) in [7, 11) is 4.72. The van der Waals surface area contributed by atoms with Crippen molar-refractivity contribution in [3.63, 3.8) is 0 Å². The second-order valence-corrected chi connectivity index (χ2v) is 7.62. The van der Waals surface area contributed by atoms with Crippen LogP contribution in [0, 0.1) is 0 Å². The standard InChI is InChI=1S/C18H25N3O5S/c1-20(11-16(22)19-13-4-6-14(25-2)7-5-13)12-17(23)21-8-9-27-15(10-21)18(24)26-3/h4-7,15H,8-12H2,1-3H3,(H,19,22)/p+1/t15-/m0/s1. The number of ether oxygens (including phenoxy) is 2. The molecule has 148 valence electrons. The summed E-state index contributed by atoms with van der Waals surface area (Å²) in [5, 5.41) is 2.46. The van der Waals surface area contributed by atoms with Gasteiger partial charge in [-0.2, -0.15) is 0 Å². The van der Waals surface area contributed by atoms with Crippen LogP contribution in [0.2, 0.25) is 0 Å². The molecule has 1 aromatic rings. The molecular formula is C18H26N3O5S+. The summed E-state index contributed by atoms with van der Waals surface area (Å²) in [6.07, 6.45) is 0. The van der Waals surface area contributed by atoms with Crippen molar-refractivity contribution < 1.29 is 28.8 Å². The number of benzene rings is 1. The van der Waals surface area contributed by atoms with E-state index in [2.05, 4.69) is 5.32 Å². The number of nitrogens with zero attached hydrogens (tertiary/aromatic N) is 1. The number of carbonyl (C=O) groups is 3. The third-order valence-electron chi connectivity index (χ3n) is 4.17. The molecule has 0 aromatic heterocycles. The van der Waals surface area contributed by atoms with E-state index in [9.17, 15) is 14.4 Å². The first-order valence-electron chi connectivity index (χ1n) is 8.65. The molecule has 1 unspecified atom stereocenters. The molecule has 2 N–H and O–H groups in total. The first-order valence-corrected chi connectivity index (χ1v) is 9.70. The zero-order valence-corrected chi connectivity index (χ0v) is 16.6. The highest BCUT2D eigenvalue weighted by Gasteiger charge is 2.30. The quantitative estimate of drug-likeness (QED) is 0.591. The smallest absolute Gasteiger partial charge is 0.320 e. The second kappa shape index (κ2) is 10.2. The van der Waals surface area contributed by atoms with Gasteiger partial charge in [-0.25, -0.2) is 0 Å². The van der Waals surface area contributed by atoms with Crippen molar-refractivity contribution in [3.05, 3.63) is 24.3 Å². The van der Waals surface area contributed by atoms with Crippen LogP contribution in [0.1, 0.15) is 0 Å². The van der Waals surface area contributed by atoms with E-state index in [1.165, 1.54) is 18.9 Å². The Labute approximate surface area is 163 Å². The summed E-state index contributed by atoms with van der Waals surface area (Å²) in [6, 6.07) is 7.05. The summed E-state index contributed by atoms with van der Waals surface area (Å²) in [6.45, 7) is 1.30. The molecule has 1 aliphatic heterocycles. The Balaban J connectivity index is 1.79. The van der Waals surface area contributed by atoms with Gasteiger partial charge in [-0.1, -0.05) is 0 Å². The van der Waals surface area contributed by atoms with Gasteiger partial charge >= 0.3 is 5.97 Å². The number of nitrogens with one attached hydrogen (secondary N) is 2. The number of hydrogen-bond donors (Lipinski definition) is 2. The number of quaternary nitrogens is 1. The summed E-state index contributed by atoms with van der Waals surface area (Å²) in [5.74, 6) is 0.858. The Bertz CT molecular complexity index is 667. The van der Waals surface area contributed by atoms with E-state index in [4.69, 9.17) is 9.47 Å². The molecular weight excluding hydrogens is 370 g/mol. The van der Waals surface area contributed by atoms with Gasteiger partial charge in [-0.3, -0.25) is 14.4 Å². The van der Waals surface area contributed by atoms with E-state index in [1.54, 1.807) is 43.3 Å². The van der Waals surface area contributed by atoms with E-state index in [1.807, 2.05) is 0 Å². The van der Waals surface area contributed by atoms with Crippen molar-refractivity contribution in [1.29, 1.82) is 0 Å². The fourth-order valence-electron chi connectivity index (χ4n) is 2.74. The number of anilines is 1. The average molecular weight is 396 g/mol. The molecule has 1 fully saturated rings. The van der Waals surface area contributed by atoms with Crippen molar-refractivity contribution >= 4 is 35.2 Å². The molecule has 8 nitrogen and oxygen atoms in total. The number of amides is 2. The highest BCUT2D eigenvalue weighted by Crippen LogP contribution is 2.19. The Morgan fingerprint density at radius 2 is 1.93 bits per heavy atom. The van der Waals surface area contributed by atoms with Crippen LogP contribution in [0.5, 0.6) is 5.75 Å². The molecule has 0 bridgehead atoms. The monoisotopic (exact) mass is 396 g/mol. The Morgan fingerprint density at radius 1 is 1.22 bits per heavy atom. The number of rotatable bonds is 7. The predicted molar refractivity (Wildman–Crippen MR) is 103 cm³/mol. The van der Waals surface area contributed by atoms with Crippen LogP contribution >= 0.6 is 11.8 Å². The third kappa shape index (κ3) is 6.44. The maximum Gasteiger partial charge on any atom is 0.320 e. The molecule has 27 heavy (non-hydrogen) atoms. The van der Waals surface area contributed by atoms with E-state index in [0.29, 0.717) is 30.3 Å². The number of methoxy groups -OCH3 is 2. The highest BCUT2D eigenvalue weighted by atomic mass is 32.2. The number of esters is 1. The van der Waals surface area contributed by atoms with Crippen molar-refractivity contribution in [2.45, 2.75) is 5.25 Å². The van der Waals surface area contributed by atoms with Crippen molar-refractivity contribution in [1.82, 2.24) is 4.90 Å². The summed E-state index contributed by atoms with van der Waals surface area (Å²) < 4.78 is 9.84.